The van der Waals surface area contributed by atoms with Crippen molar-refractivity contribution in [3.8, 4) is 0 Å². The summed E-state index contributed by atoms with van der Waals surface area (Å²) in [4.78, 5) is 14.7. The fraction of sp³-hybridized carbons (Fsp3) is 0.333. The van der Waals surface area contributed by atoms with Gasteiger partial charge in [-0.05, 0) is 18.6 Å². The molecule has 0 radical (unpaired) electrons. The molecule has 1 heterocycles. The summed E-state index contributed by atoms with van der Waals surface area (Å²) < 4.78 is 26.1. The maximum atomic E-state index is 10.8. The molecule has 0 bridgehead atoms. The van der Waals surface area contributed by atoms with Gasteiger partial charge in [0.15, 0.2) is 0 Å². The lowest BCUT2D eigenvalue weighted by atomic mass is 10.1. The van der Waals surface area contributed by atoms with Gasteiger partial charge in [0, 0.05) is 6.20 Å². The first-order valence-electron chi connectivity index (χ1n) is 4.33. The molecule has 0 aliphatic heterocycles. The second-order valence-corrected chi connectivity index (χ2v) is 4.85. The maximum absolute atomic E-state index is 10.8. The van der Waals surface area contributed by atoms with Gasteiger partial charge in [-0.1, -0.05) is 0 Å². The van der Waals surface area contributed by atoms with Crippen LogP contribution < -0.4 is 0 Å². The van der Waals surface area contributed by atoms with Gasteiger partial charge >= 0.3 is 5.97 Å². The average molecular weight is 245 g/mol. The first kappa shape index (κ1) is 12.6. The predicted octanol–water partition coefficient (Wildman–Crippen LogP) is 0.564. The van der Waals surface area contributed by atoms with Gasteiger partial charge in [-0.15, -0.1) is 0 Å². The standard InChI is InChI=1S/C9H11NO5S/c1-6-7(9(11)12)3-4-10-8(6)5-15-16(2,13)14/h3-4H,5H2,1-2H3,(H,11,12). The van der Waals surface area contributed by atoms with Crippen molar-refractivity contribution in [2.75, 3.05) is 6.26 Å². The molecule has 0 saturated heterocycles. The molecule has 0 aromatic carbocycles. The minimum absolute atomic E-state index is 0.0853. The molecule has 0 atom stereocenters. The molecule has 1 aromatic heterocycles. The van der Waals surface area contributed by atoms with E-state index in [1.807, 2.05) is 0 Å². The molecule has 0 aliphatic carbocycles. The molecule has 0 spiro atoms. The van der Waals surface area contributed by atoms with E-state index in [4.69, 9.17) is 5.11 Å². The number of carboxylic acid groups (broad SMARTS) is 1. The van der Waals surface area contributed by atoms with Crippen LogP contribution in [0, 0.1) is 6.92 Å². The van der Waals surface area contributed by atoms with Gasteiger partial charge in [0.25, 0.3) is 10.1 Å². The molecular formula is C9H11NO5S. The Labute approximate surface area is 93.0 Å². The van der Waals surface area contributed by atoms with Gasteiger partial charge in [0.05, 0.1) is 17.5 Å². The number of aromatic carboxylic acids is 1. The number of hydrogen-bond donors (Lipinski definition) is 1. The van der Waals surface area contributed by atoms with Gasteiger partial charge in [0.1, 0.15) is 6.61 Å². The van der Waals surface area contributed by atoms with E-state index in [0.29, 0.717) is 11.3 Å². The second kappa shape index (κ2) is 4.58. The number of rotatable bonds is 4. The third kappa shape index (κ3) is 3.28. The van der Waals surface area contributed by atoms with Crippen LogP contribution in [0.5, 0.6) is 0 Å². The molecule has 1 aromatic rings. The summed E-state index contributed by atoms with van der Waals surface area (Å²) in [6.07, 6.45) is 2.22. The summed E-state index contributed by atoms with van der Waals surface area (Å²) in [6, 6.07) is 1.35. The third-order valence-corrected chi connectivity index (χ3v) is 2.49. The summed E-state index contributed by atoms with van der Waals surface area (Å²) in [7, 11) is -3.56. The van der Waals surface area contributed by atoms with Gasteiger partial charge in [-0.3, -0.25) is 9.17 Å². The second-order valence-electron chi connectivity index (χ2n) is 3.20. The largest absolute Gasteiger partial charge is 0.478 e. The van der Waals surface area contributed by atoms with Crippen molar-refractivity contribution in [1.29, 1.82) is 0 Å². The lowest BCUT2D eigenvalue weighted by Crippen LogP contribution is -2.08. The normalized spacial score (nSPS) is 11.4. The van der Waals surface area contributed by atoms with Crippen molar-refractivity contribution < 1.29 is 22.5 Å². The lowest BCUT2D eigenvalue weighted by Gasteiger charge is -2.06. The molecule has 0 aliphatic rings. The third-order valence-electron chi connectivity index (χ3n) is 1.95. The Morgan fingerprint density at radius 3 is 2.69 bits per heavy atom. The highest BCUT2D eigenvalue weighted by atomic mass is 32.2. The number of carbonyl (C=O) groups is 1. The molecule has 0 amide bonds. The van der Waals surface area contributed by atoms with Crippen LogP contribution in [0.25, 0.3) is 0 Å². The van der Waals surface area contributed by atoms with Gasteiger partial charge in [-0.2, -0.15) is 8.42 Å². The van der Waals surface area contributed by atoms with E-state index in [9.17, 15) is 13.2 Å². The van der Waals surface area contributed by atoms with Crippen LogP contribution in [-0.4, -0.2) is 30.7 Å². The number of aromatic nitrogens is 1. The lowest BCUT2D eigenvalue weighted by molar-refractivity contribution is 0.0695. The first-order valence-corrected chi connectivity index (χ1v) is 6.15. The van der Waals surface area contributed by atoms with Crippen LogP contribution in [0.3, 0.4) is 0 Å². The maximum Gasteiger partial charge on any atom is 0.336 e. The highest BCUT2D eigenvalue weighted by Gasteiger charge is 2.12. The van der Waals surface area contributed by atoms with E-state index in [1.165, 1.54) is 12.3 Å². The van der Waals surface area contributed by atoms with Crippen molar-refractivity contribution in [3.63, 3.8) is 0 Å². The smallest absolute Gasteiger partial charge is 0.336 e. The minimum atomic E-state index is -3.56. The summed E-state index contributed by atoms with van der Waals surface area (Å²) in [5.41, 5.74) is 0.783. The van der Waals surface area contributed by atoms with Crippen molar-refractivity contribution in [1.82, 2.24) is 4.98 Å². The zero-order valence-corrected chi connectivity index (χ0v) is 9.61. The van der Waals surface area contributed by atoms with Gasteiger partial charge in [0.2, 0.25) is 0 Å². The summed E-state index contributed by atoms with van der Waals surface area (Å²) in [5, 5.41) is 8.83. The Morgan fingerprint density at radius 1 is 1.56 bits per heavy atom. The fourth-order valence-electron chi connectivity index (χ4n) is 1.12. The van der Waals surface area contributed by atoms with Crippen LogP contribution >= 0.6 is 0 Å². The Hall–Kier alpha value is -1.47. The van der Waals surface area contributed by atoms with Gasteiger partial charge < -0.3 is 5.11 Å². The van der Waals surface area contributed by atoms with E-state index < -0.39 is 16.1 Å². The Morgan fingerprint density at radius 2 is 2.19 bits per heavy atom. The minimum Gasteiger partial charge on any atom is -0.478 e. The molecule has 7 heteroatoms. The Bertz CT molecular complexity index is 509. The molecule has 0 saturated carbocycles. The van der Waals surface area contributed by atoms with E-state index in [-0.39, 0.29) is 12.2 Å². The van der Waals surface area contributed by atoms with Crippen molar-refractivity contribution in [2.24, 2.45) is 0 Å². The van der Waals surface area contributed by atoms with E-state index >= 15 is 0 Å². The van der Waals surface area contributed by atoms with Crippen molar-refractivity contribution in [3.05, 3.63) is 29.1 Å². The van der Waals surface area contributed by atoms with E-state index in [0.717, 1.165) is 6.26 Å². The Balaban J connectivity index is 2.98. The summed E-state index contributed by atoms with van der Waals surface area (Å²) in [6.45, 7) is 1.29. The predicted molar refractivity (Wildman–Crippen MR) is 55.6 cm³/mol. The topological polar surface area (TPSA) is 93.6 Å². The summed E-state index contributed by atoms with van der Waals surface area (Å²) >= 11 is 0. The van der Waals surface area contributed by atoms with Crippen LogP contribution in [0.15, 0.2) is 12.3 Å². The van der Waals surface area contributed by atoms with Crippen LogP contribution in [0.2, 0.25) is 0 Å². The average Bonchev–Trinajstić information content (AvgIpc) is 2.14. The van der Waals surface area contributed by atoms with Crippen molar-refractivity contribution in [2.45, 2.75) is 13.5 Å². The highest BCUT2D eigenvalue weighted by Crippen LogP contribution is 2.12. The SMILES string of the molecule is Cc1c(C(=O)O)ccnc1COS(C)(=O)=O. The molecule has 1 N–H and O–H groups in total. The van der Waals surface area contributed by atoms with Crippen LogP contribution in [0.4, 0.5) is 0 Å². The molecular weight excluding hydrogens is 234 g/mol. The van der Waals surface area contributed by atoms with E-state index in [1.54, 1.807) is 6.92 Å². The number of hydrogen-bond acceptors (Lipinski definition) is 5. The zero-order valence-electron chi connectivity index (χ0n) is 8.80. The molecule has 1 rings (SSSR count). The number of pyridine rings is 1. The fourth-order valence-corrected chi connectivity index (χ4v) is 1.44. The molecule has 88 valence electrons. The molecule has 0 fully saturated rings. The quantitative estimate of drug-likeness (QED) is 0.779. The summed E-state index contributed by atoms with van der Waals surface area (Å²) in [5.74, 6) is -1.08. The molecule has 6 nitrogen and oxygen atoms in total. The van der Waals surface area contributed by atoms with Crippen LogP contribution in [-0.2, 0) is 20.9 Å². The molecule has 0 unspecified atom stereocenters. The zero-order chi connectivity index (χ0) is 12.3. The van der Waals surface area contributed by atoms with E-state index in [2.05, 4.69) is 9.17 Å². The van der Waals surface area contributed by atoms with Crippen LogP contribution in [0.1, 0.15) is 21.6 Å². The van der Waals surface area contributed by atoms with Crippen molar-refractivity contribution >= 4 is 16.1 Å². The van der Waals surface area contributed by atoms with Gasteiger partial charge in [-0.25, -0.2) is 4.79 Å². The Kier molecular flexibility index (Phi) is 3.61. The number of carboxylic acids is 1. The molecule has 16 heavy (non-hydrogen) atoms. The monoisotopic (exact) mass is 245 g/mol. The number of nitrogens with zero attached hydrogens (tertiary/aromatic N) is 1. The first-order chi connectivity index (χ1) is 7.31. The highest BCUT2D eigenvalue weighted by molar-refractivity contribution is 7.85.